The highest BCUT2D eigenvalue weighted by atomic mass is 35.5. The van der Waals surface area contributed by atoms with Crippen LogP contribution in [0.4, 0.5) is 0 Å². The minimum Gasteiger partial charge on any atom is -0.348 e. The molecule has 2 heterocycles. The highest BCUT2D eigenvalue weighted by Gasteiger charge is 2.29. The summed E-state index contributed by atoms with van der Waals surface area (Å²) in [5.41, 5.74) is 5.22. The molecule has 6 heteroatoms. The summed E-state index contributed by atoms with van der Waals surface area (Å²) in [4.78, 5) is 15.5. The maximum Gasteiger partial charge on any atom is 0.272 e. The first-order valence-electron chi connectivity index (χ1n) is 11.1. The molecule has 31 heavy (non-hydrogen) atoms. The molecular weight excluding hydrogens is 408 g/mol. The summed E-state index contributed by atoms with van der Waals surface area (Å²) >= 11 is 5.98. The Hall–Kier alpha value is -2.63. The van der Waals surface area contributed by atoms with Gasteiger partial charge in [0.1, 0.15) is 0 Å². The van der Waals surface area contributed by atoms with E-state index in [1.165, 1.54) is 11.3 Å². The second-order valence-corrected chi connectivity index (χ2v) is 8.96. The lowest BCUT2D eigenvalue weighted by molar-refractivity contribution is 0.0902. The summed E-state index contributed by atoms with van der Waals surface area (Å²) in [7, 11) is 0. The molecule has 1 amide bonds. The van der Waals surface area contributed by atoms with Gasteiger partial charge in [-0.1, -0.05) is 41.9 Å². The molecule has 1 aliphatic heterocycles. The molecular formula is C25H27ClN4O. The van der Waals surface area contributed by atoms with Crippen LogP contribution in [0, 0.1) is 0 Å². The zero-order valence-electron chi connectivity index (χ0n) is 17.6. The number of hydrogen-bond acceptors (Lipinski definition) is 3. The molecule has 0 spiro atoms. The molecule has 160 valence electrons. The number of para-hydroxylation sites is 1. The second-order valence-electron chi connectivity index (χ2n) is 8.53. The van der Waals surface area contributed by atoms with Crippen LogP contribution in [0.1, 0.15) is 46.6 Å². The first-order valence-corrected chi connectivity index (χ1v) is 11.5. The van der Waals surface area contributed by atoms with Crippen LogP contribution in [0.3, 0.4) is 0 Å². The molecule has 3 aromatic rings. The Morgan fingerprint density at radius 1 is 1.03 bits per heavy atom. The molecule has 2 aliphatic rings. The van der Waals surface area contributed by atoms with Crippen molar-refractivity contribution in [2.24, 2.45) is 0 Å². The predicted octanol–water partition coefficient (Wildman–Crippen LogP) is 4.41. The van der Waals surface area contributed by atoms with Crippen molar-refractivity contribution in [3.63, 3.8) is 0 Å². The smallest absolute Gasteiger partial charge is 0.272 e. The summed E-state index contributed by atoms with van der Waals surface area (Å²) in [6.07, 6.45) is 4.92. The highest BCUT2D eigenvalue weighted by molar-refractivity contribution is 6.30. The van der Waals surface area contributed by atoms with Crippen molar-refractivity contribution >= 4 is 17.5 Å². The van der Waals surface area contributed by atoms with Crippen LogP contribution in [0.15, 0.2) is 54.6 Å². The van der Waals surface area contributed by atoms with Crippen molar-refractivity contribution in [2.75, 3.05) is 13.1 Å². The molecule has 0 radical (unpaired) electrons. The van der Waals surface area contributed by atoms with E-state index in [2.05, 4.69) is 22.3 Å². The van der Waals surface area contributed by atoms with Gasteiger partial charge in [-0.05, 0) is 61.9 Å². The quantitative estimate of drug-likeness (QED) is 0.647. The van der Waals surface area contributed by atoms with Crippen LogP contribution < -0.4 is 5.32 Å². The van der Waals surface area contributed by atoms with Gasteiger partial charge in [0.25, 0.3) is 5.91 Å². The Morgan fingerprint density at radius 3 is 2.52 bits per heavy atom. The lowest BCUT2D eigenvalue weighted by atomic mass is 10.0. The van der Waals surface area contributed by atoms with Gasteiger partial charge in [0, 0.05) is 42.0 Å². The van der Waals surface area contributed by atoms with E-state index in [0.717, 1.165) is 68.0 Å². The van der Waals surface area contributed by atoms with Gasteiger partial charge in [-0.15, -0.1) is 0 Å². The standard InChI is InChI=1S/C25H27ClN4O/c26-19-11-9-18(10-12-19)17-29-15-13-20(14-16-29)27-25(31)24-22-7-4-8-23(22)30(28-24)21-5-2-1-3-6-21/h1-3,5-6,9-12,20H,4,7-8,13-17H2,(H,27,31). The molecule has 1 saturated heterocycles. The summed E-state index contributed by atoms with van der Waals surface area (Å²) in [6.45, 7) is 2.88. The molecule has 1 fully saturated rings. The van der Waals surface area contributed by atoms with Crippen LogP contribution in [-0.2, 0) is 19.4 Å². The van der Waals surface area contributed by atoms with E-state index >= 15 is 0 Å². The predicted molar refractivity (Wildman–Crippen MR) is 123 cm³/mol. The molecule has 0 atom stereocenters. The van der Waals surface area contributed by atoms with Gasteiger partial charge in [0.15, 0.2) is 5.69 Å². The van der Waals surface area contributed by atoms with Crippen LogP contribution in [0.5, 0.6) is 0 Å². The molecule has 0 saturated carbocycles. The number of halogens is 1. The fourth-order valence-corrected chi connectivity index (χ4v) is 4.87. The SMILES string of the molecule is O=C(NC1CCN(Cc2ccc(Cl)cc2)CC1)c1nn(-c2ccccc2)c2c1CCC2. The van der Waals surface area contributed by atoms with E-state index in [0.29, 0.717) is 5.69 Å². The first kappa shape index (κ1) is 20.3. The molecule has 5 rings (SSSR count). The Morgan fingerprint density at radius 2 is 1.77 bits per heavy atom. The molecule has 2 aromatic carbocycles. The molecule has 0 unspecified atom stereocenters. The third-order valence-corrected chi connectivity index (χ3v) is 6.64. The Balaban J connectivity index is 1.22. The monoisotopic (exact) mass is 434 g/mol. The molecule has 5 nitrogen and oxygen atoms in total. The summed E-state index contributed by atoms with van der Waals surface area (Å²) in [6, 6.07) is 18.4. The number of rotatable bonds is 5. The Labute approximate surface area is 188 Å². The first-order chi connectivity index (χ1) is 15.2. The molecule has 1 aromatic heterocycles. The third kappa shape index (κ3) is 4.39. The van der Waals surface area contributed by atoms with Crippen LogP contribution in [0.25, 0.3) is 5.69 Å². The van der Waals surface area contributed by atoms with Gasteiger partial charge in [-0.25, -0.2) is 4.68 Å². The average Bonchev–Trinajstić information content (AvgIpc) is 3.40. The Kier molecular flexibility index (Phi) is 5.79. The van der Waals surface area contributed by atoms with Gasteiger partial charge < -0.3 is 5.32 Å². The number of likely N-dealkylation sites (tertiary alicyclic amines) is 1. The fourth-order valence-electron chi connectivity index (χ4n) is 4.74. The number of amides is 1. The lowest BCUT2D eigenvalue weighted by Gasteiger charge is -2.32. The number of nitrogens with zero attached hydrogens (tertiary/aromatic N) is 3. The maximum absolute atomic E-state index is 13.1. The van der Waals surface area contributed by atoms with E-state index in [1.807, 2.05) is 47.1 Å². The summed E-state index contributed by atoms with van der Waals surface area (Å²) in [5, 5.41) is 8.76. The van der Waals surface area contributed by atoms with E-state index < -0.39 is 0 Å². The number of fused-ring (bicyclic) bond motifs is 1. The van der Waals surface area contributed by atoms with E-state index in [1.54, 1.807) is 0 Å². The number of carbonyl (C=O) groups excluding carboxylic acids is 1. The summed E-state index contributed by atoms with van der Waals surface area (Å²) in [5.74, 6) is -0.0241. The normalized spacial score (nSPS) is 16.9. The maximum atomic E-state index is 13.1. The number of nitrogens with one attached hydrogen (secondary N) is 1. The molecule has 1 aliphatic carbocycles. The highest BCUT2D eigenvalue weighted by Crippen LogP contribution is 2.28. The fraction of sp³-hybridized carbons (Fsp3) is 0.360. The third-order valence-electron chi connectivity index (χ3n) is 6.39. The van der Waals surface area contributed by atoms with Crippen molar-refractivity contribution in [2.45, 2.75) is 44.7 Å². The number of piperidine rings is 1. The minimum absolute atomic E-state index is 0.0241. The second kappa shape index (κ2) is 8.85. The zero-order valence-corrected chi connectivity index (χ0v) is 18.3. The molecule has 1 N–H and O–H groups in total. The minimum atomic E-state index is -0.0241. The van der Waals surface area contributed by atoms with Gasteiger partial charge >= 0.3 is 0 Å². The Bertz CT molecular complexity index is 1050. The van der Waals surface area contributed by atoms with Crippen LogP contribution in [0.2, 0.25) is 5.02 Å². The van der Waals surface area contributed by atoms with Gasteiger partial charge in [0.05, 0.1) is 5.69 Å². The van der Waals surface area contributed by atoms with Crippen LogP contribution in [-0.4, -0.2) is 39.7 Å². The number of hydrogen-bond donors (Lipinski definition) is 1. The van der Waals surface area contributed by atoms with E-state index in [-0.39, 0.29) is 11.9 Å². The largest absolute Gasteiger partial charge is 0.348 e. The van der Waals surface area contributed by atoms with E-state index in [9.17, 15) is 4.79 Å². The molecule has 0 bridgehead atoms. The van der Waals surface area contributed by atoms with Crippen molar-refractivity contribution in [1.29, 1.82) is 0 Å². The van der Waals surface area contributed by atoms with Crippen molar-refractivity contribution in [3.8, 4) is 5.69 Å². The topological polar surface area (TPSA) is 50.2 Å². The summed E-state index contributed by atoms with van der Waals surface area (Å²) < 4.78 is 1.96. The average molecular weight is 435 g/mol. The zero-order chi connectivity index (χ0) is 21.2. The van der Waals surface area contributed by atoms with E-state index in [4.69, 9.17) is 16.7 Å². The number of aromatic nitrogens is 2. The van der Waals surface area contributed by atoms with Gasteiger partial charge in [-0.3, -0.25) is 9.69 Å². The van der Waals surface area contributed by atoms with Crippen LogP contribution >= 0.6 is 11.6 Å². The van der Waals surface area contributed by atoms with Gasteiger partial charge in [-0.2, -0.15) is 5.10 Å². The number of benzene rings is 2. The van der Waals surface area contributed by atoms with Crippen molar-refractivity contribution < 1.29 is 4.79 Å². The van der Waals surface area contributed by atoms with Gasteiger partial charge in [0.2, 0.25) is 0 Å². The lowest BCUT2D eigenvalue weighted by Crippen LogP contribution is -2.44. The number of carbonyl (C=O) groups is 1. The van der Waals surface area contributed by atoms with Crippen molar-refractivity contribution in [3.05, 3.63) is 82.1 Å². The van der Waals surface area contributed by atoms with Crippen molar-refractivity contribution in [1.82, 2.24) is 20.0 Å².